The van der Waals surface area contributed by atoms with Gasteiger partial charge in [0.1, 0.15) is 12.4 Å². The summed E-state index contributed by atoms with van der Waals surface area (Å²) < 4.78 is 6.02. The Bertz CT molecular complexity index is 1190. The summed E-state index contributed by atoms with van der Waals surface area (Å²) in [6, 6.07) is 23.5. The van der Waals surface area contributed by atoms with E-state index >= 15 is 0 Å². The number of nitriles is 1. The van der Waals surface area contributed by atoms with E-state index in [2.05, 4.69) is 41.0 Å². The molecular weight excluding hydrogens is 386 g/mol. The molecule has 1 aliphatic rings. The second-order valence-electron chi connectivity index (χ2n) is 8.68. The molecule has 0 aromatic heterocycles. The Hall–Kier alpha value is -3.78. The van der Waals surface area contributed by atoms with Gasteiger partial charge < -0.3 is 15.4 Å². The van der Waals surface area contributed by atoms with E-state index in [0.29, 0.717) is 17.9 Å². The van der Waals surface area contributed by atoms with Crippen molar-refractivity contribution < 1.29 is 9.53 Å². The maximum absolute atomic E-state index is 12.2. The largest absolute Gasteiger partial charge is 0.489 e. The highest BCUT2D eigenvalue weighted by atomic mass is 16.5. The van der Waals surface area contributed by atoms with Crippen molar-refractivity contribution in [3.63, 3.8) is 0 Å². The van der Waals surface area contributed by atoms with E-state index in [4.69, 9.17) is 4.74 Å². The third kappa shape index (κ3) is 4.24. The fourth-order valence-electron chi connectivity index (χ4n) is 3.86. The van der Waals surface area contributed by atoms with Crippen LogP contribution in [0.3, 0.4) is 0 Å². The number of allylic oxidation sites excluding steroid dienone is 1. The molecule has 0 saturated carbocycles. The standard InChI is InChI=1S/C26H25N3O2/c1-26(2,3)24-22(15-27)23(28-25(30)29-24)18-11-13-20(14-12-18)31-16-19-9-6-8-17-7-4-5-10-21(17)19/h4-14,23H,16H2,1-3H3,(H2,28,29,30)/t23-/m1/s1. The zero-order valence-electron chi connectivity index (χ0n) is 17.9. The topological polar surface area (TPSA) is 74.1 Å². The number of nitrogens with zero attached hydrogens (tertiary/aromatic N) is 1. The first-order chi connectivity index (χ1) is 14.9. The van der Waals surface area contributed by atoms with Gasteiger partial charge in [-0.05, 0) is 34.0 Å². The minimum atomic E-state index is -0.486. The highest BCUT2D eigenvalue weighted by molar-refractivity contribution is 5.85. The van der Waals surface area contributed by atoms with E-state index in [1.165, 1.54) is 10.8 Å². The van der Waals surface area contributed by atoms with Gasteiger partial charge in [-0.15, -0.1) is 0 Å². The van der Waals surface area contributed by atoms with Crippen molar-refractivity contribution in [2.45, 2.75) is 33.4 Å². The van der Waals surface area contributed by atoms with Crippen molar-refractivity contribution in [3.8, 4) is 11.8 Å². The van der Waals surface area contributed by atoms with Gasteiger partial charge in [0.2, 0.25) is 0 Å². The molecule has 5 nitrogen and oxygen atoms in total. The number of nitrogens with one attached hydrogen (secondary N) is 2. The smallest absolute Gasteiger partial charge is 0.319 e. The van der Waals surface area contributed by atoms with Crippen LogP contribution < -0.4 is 15.4 Å². The normalized spacial score (nSPS) is 16.5. The Morgan fingerprint density at radius 1 is 1.00 bits per heavy atom. The monoisotopic (exact) mass is 411 g/mol. The molecule has 0 unspecified atom stereocenters. The Labute approximate surface area is 182 Å². The van der Waals surface area contributed by atoms with Gasteiger partial charge in [0, 0.05) is 11.1 Å². The number of amides is 2. The molecule has 1 atom stereocenters. The molecule has 0 aliphatic carbocycles. The number of fused-ring (bicyclic) bond motifs is 1. The van der Waals surface area contributed by atoms with Gasteiger partial charge in [0.05, 0.1) is 17.7 Å². The van der Waals surface area contributed by atoms with Crippen LogP contribution in [0.25, 0.3) is 10.8 Å². The summed E-state index contributed by atoms with van der Waals surface area (Å²) in [5, 5.41) is 17.8. The Morgan fingerprint density at radius 2 is 1.71 bits per heavy atom. The van der Waals surface area contributed by atoms with Crippen molar-refractivity contribution in [1.82, 2.24) is 10.6 Å². The van der Waals surface area contributed by atoms with Crippen molar-refractivity contribution in [2.75, 3.05) is 0 Å². The molecule has 1 aliphatic heterocycles. The molecule has 0 fully saturated rings. The van der Waals surface area contributed by atoms with Crippen LogP contribution in [0, 0.1) is 16.7 Å². The predicted molar refractivity (Wildman–Crippen MR) is 121 cm³/mol. The zero-order chi connectivity index (χ0) is 22.0. The Balaban J connectivity index is 1.55. The van der Waals surface area contributed by atoms with Crippen molar-refractivity contribution in [1.29, 1.82) is 5.26 Å². The number of carbonyl (C=O) groups is 1. The third-order valence-electron chi connectivity index (χ3n) is 5.43. The second kappa shape index (κ2) is 8.16. The van der Waals surface area contributed by atoms with Crippen LogP contribution in [0.1, 0.15) is 37.9 Å². The van der Waals surface area contributed by atoms with Crippen molar-refractivity contribution >= 4 is 16.8 Å². The number of urea groups is 1. The molecular formula is C26H25N3O2. The summed E-state index contributed by atoms with van der Waals surface area (Å²) in [6.45, 7) is 6.40. The summed E-state index contributed by atoms with van der Waals surface area (Å²) in [5.41, 5.74) is 2.79. The van der Waals surface area contributed by atoms with E-state index in [9.17, 15) is 10.1 Å². The number of benzene rings is 3. The lowest BCUT2D eigenvalue weighted by atomic mass is 9.84. The van der Waals surface area contributed by atoms with Gasteiger partial charge in [-0.1, -0.05) is 75.4 Å². The number of ether oxygens (including phenoxy) is 1. The molecule has 2 amide bonds. The predicted octanol–water partition coefficient (Wildman–Crippen LogP) is 5.60. The first kappa shape index (κ1) is 20.5. The summed E-state index contributed by atoms with van der Waals surface area (Å²) in [5.74, 6) is 0.732. The van der Waals surface area contributed by atoms with Gasteiger partial charge in [0.25, 0.3) is 0 Å². The molecule has 3 aromatic rings. The fraction of sp³-hybridized carbons (Fsp3) is 0.231. The molecule has 0 radical (unpaired) electrons. The van der Waals surface area contributed by atoms with Crippen LogP contribution in [0.2, 0.25) is 0 Å². The molecule has 2 N–H and O–H groups in total. The minimum Gasteiger partial charge on any atom is -0.489 e. The molecule has 0 bridgehead atoms. The molecule has 0 spiro atoms. The van der Waals surface area contributed by atoms with Crippen LogP contribution in [-0.2, 0) is 6.61 Å². The van der Waals surface area contributed by atoms with E-state index in [0.717, 1.165) is 16.9 Å². The summed E-state index contributed by atoms with van der Waals surface area (Å²) in [4.78, 5) is 12.2. The molecule has 4 rings (SSSR count). The van der Waals surface area contributed by atoms with Crippen LogP contribution in [0.15, 0.2) is 78.0 Å². The molecule has 5 heteroatoms. The van der Waals surface area contributed by atoms with Crippen LogP contribution in [0.4, 0.5) is 4.79 Å². The Kier molecular flexibility index (Phi) is 5.39. The van der Waals surface area contributed by atoms with E-state index < -0.39 is 6.04 Å². The van der Waals surface area contributed by atoms with Gasteiger partial charge in [-0.3, -0.25) is 0 Å². The van der Waals surface area contributed by atoms with Crippen LogP contribution in [0.5, 0.6) is 5.75 Å². The fourth-order valence-corrected chi connectivity index (χ4v) is 3.86. The number of hydrogen-bond donors (Lipinski definition) is 2. The van der Waals surface area contributed by atoms with Gasteiger partial charge in [0.15, 0.2) is 0 Å². The number of hydrogen-bond acceptors (Lipinski definition) is 3. The maximum atomic E-state index is 12.2. The minimum absolute atomic E-state index is 0.301. The lowest BCUT2D eigenvalue weighted by Crippen LogP contribution is -2.46. The molecule has 3 aromatic carbocycles. The Morgan fingerprint density at radius 3 is 2.42 bits per heavy atom. The van der Waals surface area contributed by atoms with Gasteiger partial charge >= 0.3 is 6.03 Å². The van der Waals surface area contributed by atoms with E-state index in [-0.39, 0.29) is 11.4 Å². The first-order valence-electron chi connectivity index (χ1n) is 10.3. The highest BCUT2D eigenvalue weighted by Gasteiger charge is 2.33. The number of rotatable bonds is 4. The third-order valence-corrected chi connectivity index (χ3v) is 5.43. The lowest BCUT2D eigenvalue weighted by Gasteiger charge is -2.33. The lowest BCUT2D eigenvalue weighted by molar-refractivity contribution is 0.235. The summed E-state index contributed by atoms with van der Waals surface area (Å²) >= 11 is 0. The van der Waals surface area contributed by atoms with Gasteiger partial charge in [-0.2, -0.15) is 5.26 Å². The van der Waals surface area contributed by atoms with Crippen molar-refractivity contribution in [3.05, 3.63) is 89.1 Å². The molecule has 31 heavy (non-hydrogen) atoms. The van der Waals surface area contributed by atoms with E-state index in [1.54, 1.807) is 0 Å². The molecule has 156 valence electrons. The van der Waals surface area contributed by atoms with Gasteiger partial charge in [-0.25, -0.2) is 4.79 Å². The van der Waals surface area contributed by atoms with Crippen molar-refractivity contribution in [2.24, 2.45) is 5.41 Å². The average Bonchev–Trinajstić information content (AvgIpc) is 2.77. The van der Waals surface area contributed by atoms with Crippen LogP contribution in [-0.4, -0.2) is 6.03 Å². The quantitative estimate of drug-likeness (QED) is 0.587. The summed E-state index contributed by atoms with van der Waals surface area (Å²) in [6.07, 6.45) is 0. The second-order valence-corrected chi connectivity index (χ2v) is 8.68. The average molecular weight is 412 g/mol. The molecule has 0 saturated heterocycles. The van der Waals surface area contributed by atoms with E-state index in [1.807, 2.05) is 63.2 Å². The SMILES string of the molecule is CC(C)(C)C1=C(C#N)[C@@H](c2ccc(OCc3cccc4ccccc34)cc2)NC(=O)N1. The highest BCUT2D eigenvalue weighted by Crippen LogP contribution is 2.35. The number of carbonyl (C=O) groups excluding carboxylic acids is 1. The zero-order valence-corrected chi connectivity index (χ0v) is 17.9. The summed E-state index contributed by atoms with van der Waals surface area (Å²) in [7, 11) is 0. The molecule has 1 heterocycles. The maximum Gasteiger partial charge on any atom is 0.319 e. The van der Waals surface area contributed by atoms with Crippen LogP contribution >= 0.6 is 0 Å². The first-order valence-corrected chi connectivity index (χ1v) is 10.3.